The van der Waals surface area contributed by atoms with E-state index < -0.39 is 22.1 Å². The smallest absolute Gasteiger partial charge is 0.337 e. The zero-order valence-electron chi connectivity index (χ0n) is 23.0. The Kier molecular flexibility index (Phi) is 9.69. The molecule has 0 radical (unpaired) electrons. The lowest BCUT2D eigenvalue weighted by Crippen LogP contribution is -2.52. The van der Waals surface area contributed by atoms with E-state index in [2.05, 4.69) is 21.7 Å². The molecule has 1 aliphatic carbocycles. The summed E-state index contributed by atoms with van der Waals surface area (Å²) < 4.78 is 40.6. The van der Waals surface area contributed by atoms with E-state index in [0.29, 0.717) is 28.4 Å². The number of hydrogen-bond donors (Lipinski definition) is 3. The quantitative estimate of drug-likeness (QED) is 0.146. The number of ether oxygens (including phenoxy) is 2. The third kappa shape index (κ3) is 8.07. The van der Waals surface area contributed by atoms with Gasteiger partial charge in [0.2, 0.25) is 5.76 Å². The van der Waals surface area contributed by atoms with Gasteiger partial charge in [0.05, 0.1) is 19.3 Å². The van der Waals surface area contributed by atoms with Crippen LogP contribution in [0.15, 0.2) is 60.0 Å². The summed E-state index contributed by atoms with van der Waals surface area (Å²) in [6.07, 6.45) is 3.06. The molecule has 1 aliphatic heterocycles. The molecule has 1 saturated heterocycles. The number of nitrogens with zero attached hydrogens (tertiary/aromatic N) is 2. The first-order valence-electron chi connectivity index (χ1n) is 13.1. The van der Waals surface area contributed by atoms with Gasteiger partial charge in [0, 0.05) is 55.1 Å². The fourth-order valence-electron chi connectivity index (χ4n) is 4.23. The van der Waals surface area contributed by atoms with E-state index in [0.717, 1.165) is 19.1 Å². The first-order valence-corrected chi connectivity index (χ1v) is 15.0. The van der Waals surface area contributed by atoms with Crippen LogP contribution in [0, 0.1) is 10.8 Å². The average Bonchev–Trinajstić information content (AvgIpc) is 3.71. The number of methoxy groups -OCH3 is 1. The highest BCUT2D eigenvalue weighted by Gasteiger charge is 2.39. The maximum absolute atomic E-state index is 13.3. The van der Waals surface area contributed by atoms with Crippen LogP contribution in [0.1, 0.15) is 35.7 Å². The van der Waals surface area contributed by atoms with Crippen molar-refractivity contribution in [2.45, 2.75) is 26.3 Å². The van der Waals surface area contributed by atoms with Crippen LogP contribution in [0.5, 0.6) is 0 Å². The highest BCUT2D eigenvalue weighted by Crippen LogP contribution is 2.45. The number of carbonyl (C=O) groups is 2. The molecule has 2 aromatic carbocycles. The van der Waals surface area contributed by atoms with Crippen LogP contribution in [0.3, 0.4) is 0 Å². The van der Waals surface area contributed by atoms with Crippen molar-refractivity contribution < 1.29 is 27.5 Å². The SMILES string of the molecule is COC(=O)c1ccc(CNS(=O)(=O)N2CCN(/C(C=N)=C(\OCC3(C)CC3)C(=O)Nc3cccc(Cl)c3)CC2)cc1. The van der Waals surface area contributed by atoms with Crippen LogP contribution in [0.4, 0.5) is 5.69 Å². The van der Waals surface area contributed by atoms with E-state index in [1.165, 1.54) is 11.4 Å². The lowest BCUT2D eigenvalue weighted by molar-refractivity contribution is -0.116. The summed E-state index contributed by atoms with van der Waals surface area (Å²) >= 11 is 6.06. The van der Waals surface area contributed by atoms with Crippen LogP contribution in [0.2, 0.25) is 5.02 Å². The fraction of sp³-hybridized carbons (Fsp3) is 0.393. The summed E-state index contributed by atoms with van der Waals surface area (Å²) in [7, 11) is -2.51. The first kappa shape index (κ1) is 30.5. The number of amides is 1. The number of rotatable bonds is 12. The van der Waals surface area contributed by atoms with Gasteiger partial charge in [0.15, 0.2) is 0 Å². The maximum Gasteiger partial charge on any atom is 0.337 e. The number of hydrogen-bond acceptors (Lipinski definition) is 8. The van der Waals surface area contributed by atoms with Gasteiger partial charge in [-0.1, -0.05) is 36.7 Å². The lowest BCUT2D eigenvalue weighted by Gasteiger charge is -2.36. The number of benzene rings is 2. The van der Waals surface area contributed by atoms with E-state index in [9.17, 15) is 18.0 Å². The number of nitrogens with one attached hydrogen (secondary N) is 3. The van der Waals surface area contributed by atoms with Gasteiger partial charge in [-0.25, -0.2) is 4.79 Å². The molecule has 13 heteroatoms. The zero-order chi connectivity index (χ0) is 29.6. The molecule has 0 aromatic heterocycles. The molecule has 1 saturated carbocycles. The van der Waals surface area contributed by atoms with Crippen molar-refractivity contribution in [1.29, 1.82) is 5.41 Å². The van der Waals surface area contributed by atoms with Crippen molar-refractivity contribution in [2.24, 2.45) is 5.41 Å². The van der Waals surface area contributed by atoms with Crippen molar-refractivity contribution >= 4 is 45.6 Å². The normalized spacial score (nSPS) is 17.3. The van der Waals surface area contributed by atoms with Gasteiger partial charge in [0.1, 0.15) is 5.70 Å². The molecule has 41 heavy (non-hydrogen) atoms. The van der Waals surface area contributed by atoms with Gasteiger partial charge >= 0.3 is 5.97 Å². The monoisotopic (exact) mass is 603 g/mol. The third-order valence-electron chi connectivity index (χ3n) is 7.08. The van der Waals surface area contributed by atoms with E-state index in [-0.39, 0.29) is 49.6 Å². The summed E-state index contributed by atoms with van der Waals surface area (Å²) in [4.78, 5) is 26.7. The number of anilines is 1. The van der Waals surface area contributed by atoms with Crippen LogP contribution in [-0.4, -0.2) is 75.6 Å². The van der Waals surface area contributed by atoms with Gasteiger partial charge in [-0.05, 0) is 48.7 Å². The van der Waals surface area contributed by atoms with Crippen LogP contribution < -0.4 is 10.0 Å². The van der Waals surface area contributed by atoms with Gasteiger partial charge in [0.25, 0.3) is 16.1 Å². The molecule has 2 fully saturated rings. The molecule has 1 amide bonds. The Morgan fingerprint density at radius 2 is 1.78 bits per heavy atom. The van der Waals surface area contributed by atoms with Crippen LogP contribution in [0.25, 0.3) is 0 Å². The van der Waals surface area contributed by atoms with E-state index >= 15 is 0 Å². The largest absolute Gasteiger partial charge is 0.486 e. The highest BCUT2D eigenvalue weighted by atomic mass is 35.5. The second-order valence-corrected chi connectivity index (χ2v) is 12.5. The summed E-state index contributed by atoms with van der Waals surface area (Å²) in [6.45, 7) is 3.27. The number of allylic oxidation sites excluding steroid dienone is 1. The molecule has 0 bridgehead atoms. The van der Waals surface area contributed by atoms with E-state index in [1.807, 2.05) is 0 Å². The molecule has 3 N–H and O–H groups in total. The standard InChI is InChI=1S/C28H34ClN5O6S/c1-28(10-11-28)19-40-25(26(35)32-23-5-3-4-22(29)16-23)24(17-30)33-12-14-34(15-13-33)41(37,38)31-18-20-6-8-21(9-7-20)27(36)39-2/h3-9,16-17,30-31H,10-15,18-19H2,1-2H3,(H,32,35)/b25-24-,30-17?. The number of esters is 1. The number of carbonyl (C=O) groups excluding carboxylic acids is 2. The second kappa shape index (κ2) is 13.0. The molecule has 0 unspecified atom stereocenters. The Morgan fingerprint density at radius 1 is 1.10 bits per heavy atom. The highest BCUT2D eigenvalue weighted by molar-refractivity contribution is 7.87. The van der Waals surface area contributed by atoms with Gasteiger partial charge in [-0.15, -0.1) is 0 Å². The summed E-state index contributed by atoms with van der Waals surface area (Å²) in [5, 5.41) is 11.4. The average molecular weight is 604 g/mol. The molecule has 11 nitrogen and oxygen atoms in total. The molecule has 0 atom stereocenters. The van der Waals surface area contributed by atoms with Crippen molar-refractivity contribution in [2.75, 3.05) is 45.2 Å². The third-order valence-corrected chi connectivity index (χ3v) is 8.87. The van der Waals surface area contributed by atoms with Gasteiger partial charge in [-0.2, -0.15) is 17.4 Å². The van der Waals surface area contributed by atoms with Crippen molar-refractivity contribution in [3.05, 3.63) is 76.1 Å². The Bertz CT molecular complexity index is 1420. The fourth-order valence-corrected chi connectivity index (χ4v) is 5.59. The first-order chi connectivity index (χ1) is 19.5. The van der Waals surface area contributed by atoms with Gasteiger partial charge < -0.3 is 25.1 Å². The minimum atomic E-state index is -3.80. The predicted molar refractivity (Wildman–Crippen MR) is 156 cm³/mol. The van der Waals surface area contributed by atoms with E-state index in [1.54, 1.807) is 53.4 Å². The Morgan fingerprint density at radius 3 is 2.37 bits per heavy atom. The summed E-state index contributed by atoms with van der Waals surface area (Å²) in [6, 6.07) is 13.2. The number of halogens is 1. The summed E-state index contributed by atoms with van der Waals surface area (Å²) in [5.74, 6) is -0.964. The zero-order valence-corrected chi connectivity index (χ0v) is 24.6. The van der Waals surface area contributed by atoms with Crippen molar-refractivity contribution in [1.82, 2.24) is 13.9 Å². The molecule has 1 heterocycles. The van der Waals surface area contributed by atoms with Crippen molar-refractivity contribution in [3.8, 4) is 0 Å². The minimum Gasteiger partial charge on any atom is -0.486 e. The van der Waals surface area contributed by atoms with Crippen molar-refractivity contribution in [3.63, 3.8) is 0 Å². The molecule has 0 spiro atoms. The minimum absolute atomic E-state index is 0.00715. The number of piperazine rings is 1. The van der Waals surface area contributed by atoms with E-state index in [4.69, 9.17) is 21.7 Å². The molecule has 2 aromatic rings. The second-order valence-electron chi connectivity index (χ2n) is 10.3. The molecular formula is C28H34ClN5O6S. The van der Waals surface area contributed by atoms with Crippen LogP contribution >= 0.6 is 11.6 Å². The molecular weight excluding hydrogens is 570 g/mol. The Hall–Kier alpha value is -3.45. The predicted octanol–water partition coefficient (Wildman–Crippen LogP) is 3.40. The summed E-state index contributed by atoms with van der Waals surface area (Å²) in [5.41, 5.74) is 1.83. The molecule has 2 aliphatic rings. The maximum atomic E-state index is 13.3. The molecule has 4 rings (SSSR count). The topological polar surface area (TPSA) is 141 Å². The molecule has 220 valence electrons. The van der Waals surface area contributed by atoms with Crippen LogP contribution in [-0.2, 0) is 31.0 Å². The Balaban J connectivity index is 1.42. The lowest BCUT2D eigenvalue weighted by atomic mass is 10.1. The van der Waals surface area contributed by atoms with Gasteiger partial charge in [-0.3, -0.25) is 4.79 Å². The Labute approximate surface area is 245 Å².